The lowest BCUT2D eigenvalue weighted by Gasteiger charge is -2.16. The number of carbonyl (C=O) groups excluding carboxylic acids is 1. The molecule has 0 aromatic carbocycles. The number of likely N-dealkylation sites (tertiary alicyclic amines) is 1. The average Bonchev–Trinajstić information content (AvgIpc) is 2.69. The van der Waals surface area contributed by atoms with Crippen LogP contribution in [0.3, 0.4) is 0 Å². The summed E-state index contributed by atoms with van der Waals surface area (Å²) in [7, 11) is 0. The molecule has 1 aliphatic rings. The van der Waals surface area contributed by atoms with Gasteiger partial charge in [-0.1, -0.05) is 0 Å². The standard InChI is InChI=1S/C11H21ClN2O3/c12-8-10-7-11(15)14(9-10)2-4-17-6-5-16-3-1-13/h10H,1-9,13H2. The molecule has 5 nitrogen and oxygen atoms in total. The first kappa shape index (κ1) is 14.7. The number of nitrogens with two attached hydrogens (primary N) is 1. The zero-order chi connectivity index (χ0) is 12.5. The van der Waals surface area contributed by atoms with Gasteiger partial charge in [0, 0.05) is 31.9 Å². The first-order valence-corrected chi connectivity index (χ1v) is 6.50. The van der Waals surface area contributed by atoms with E-state index in [1.165, 1.54) is 0 Å². The average molecular weight is 265 g/mol. The largest absolute Gasteiger partial charge is 0.378 e. The fourth-order valence-corrected chi connectivity index (χ4v) is 1.96. The van der Waals surface area contributed by atoms with Crippen LogP contribution in [-0.4, -0.2) is 62.7 Å². The Hall–Kier alpha value is -0.360. The van der Waals surface area contributed by atoms with Crippen molar-refractivity contribution in [1.29, 1.82) is 0 Å². The number of hydrogen-bond acceptors (Lipinski definition) is 4. The van der Waals surface area contributed by atoms with Crippen molar-refractivity contribution in [3.8, 4) is 0 Å². The zero-order valence-corrected chi connectivity index (χ0v) is 10.8. The Bertz CT molecular complexity index is 229. The van der Waals surface area contributed by atoms with Gasteiger partial charge < -0.3 is 20.1 Å². The molecule has 0 aliphatic carbocycles. The van der Waals surface area contributed by atoms with Gasteiger partial charge in [-0.25, -0.2) is 0 Å². The Kier molecular flexibility index (Phi) is 7.51. The number of rotatable bonds is 9. The zero-order valence-electron chi connectivity index (χ0n) is 10.1. The summed E-state index contributed by atoms with van der Waals surface area (Å²) in [4.78, 5) is 13.3. The lowest BCUT2D eigenvalue weighted by Crippen LogP contribution is -2.29. The van der Waals surface area contributed by atoms with Gasteiger partial charge in [0.1, 0.15) is 0 Å². The minimum atomic E-state index is 0.179. The molecule has 17 heavy (non-hydrogen) atoms. The third-order valence-corrected chi connectivity index (χ3v) is 3.09. The highest BCUT2D eigenvalue weighted by Crippen LogP contribution is 2.18. The van der Waals surface area contributed by atoms with Gasteiger partial charge in [-0.2, -0.15) is 0 Å². The summed E-state index contributed by atoms with van der Waals surface area (Å²) in [5.41, 5.74) is 5.27. The molecular weight excluding hydrogens is 244 g/mol. The maximum absolute atomic E-state index is 11.5. The van der Waals surface area contributed by atoms with E-state index in [-0.39, 0.29) is 5.91 Å². The van der Waals surface area contributed by atoms with Crippen molar-refractivity contribution in [2.24, 2.45) is 11.7 Å². The predicted molar refractivity (Wildman–Crippen MR) is 66.1 cm³/mol. The molecule has 1 saturated heterocycles. The lowest BCUT2D eigenvalue weighted by atomic mass is 10.2. The van der Waals surface area contributed by atoms with Crippen molar-refractivity contribution >= 4 is 17.5 Å². The fraction of sp³-hybridized carbons (Fsp3) is 0.909. The summed E-state index contributed by atoms with van der Waals surface area (Å²) in [6.45, 7) is 4.13. The summed E-state index contributed by atoms with van der Waals surface area (Å²) < 4.78 is 10.5. The Balaban J connectivity index is 1.98. The predicted octanol–water partition coefficient (Wildman–Crippen LogP) is 0.0656. The molecule has 1 heterocycles. The van der Waals surface area contributed by atoms with Crippen LogP contribution in [0.5, 0.6) is 0 Å². The number of halogens is 1. The van der Waals surface area contributed by atoms with E-state index < -0.39 is 0 Å². The second-order valence-corrected chi connectivity index (χ2v) is 4.39. The van der Waals surface area contributed by atoms with Gasteiger partial charge in [0.25, 0.3) is 0 Å². The normalized spacial score (nSPS) is 20.2. The Labute approximate surface area is 107 Å². The van der Waals surface area contributed by atoms with E-state index in [9.17, 15) is 4.79 Å². The van der Waals surface area contributed by atoms with Crippen molar-refractivity contribution < 1.29 is 14.3 Å². The highest BCUT2D eigenvalue weighted by molar-refractivity contribution is 6.18. The lowest BCUT2D eigenvalue weighted by molar-refractivity contribution is -0.128. The number of nitrogens with zero attached hydrogens (tertiary/aromatic N) is 1. The molecule has 0 saturated carbocycles. The molecule has 0 aromatic heterocycles. The van der Waals surface area contributed by atoms with Crippen LogP contribution in [-0.2, 0) is 14.3 Å². The highest BCUT2D eigenvalue weighted by atomic mass is 35.5. The molecule has 0 bridgehead atoms. The molecule has 1 unspecified atom stereocenters. The maximum Gasteiger partial charge on any atom is 0.223 e. The Morgan fingerprint density at radius 2 is 2.00 bits per heavy atom. The number of amides is 1. The molecule has 6 heteroatoms. The molecule has 0 radical (unpaired) electrons. The summed E-state index contributed by atoms with van der Waals surface area (Å²) in [6.07, 6.45) is 0.573. The molecule has 1 atom stereocenters. The van der Waals surface area contributed by atoms with E-state index >= 15 is 0 Å². The van der Waals surface area contributed by atoms with Gasteiger partial charge in [-0.3, -0.25) is 4.79 Å². The van der Waals surface area contributed by atoms with Crippen LogP contribution in [0.15, 0.2) is 0 Å². The molecule has 1 fully saturated rings. The summed E-state index contributed by atoms with van der Waals surface area (Å²) in [5, 5.41) is 0. The molecule has 0 aromatic rings. The van der Waals surface area contributed by atoms with Crippen LogP contribution in [0.4, 0.5) is 0 Å². The molecule has 0 spiro atoms. The Morgan fingerprint density at radius 3 is 2.59 bits per heavy atom. The van der Waals surface area contributed by atoms with Gasteiger partial charge in [-0.15, -0.1) is 11.6 Å². The van der Waals surface area contributed by atoms with E-state index in [1.807, 2.05) is 4.90 Å². The Morgan fingerprint density at radius 1 is 1.29 bits per heavy atom. The van der Waals surface area contributed by atoms with Crippen LogP contribution < -0.4 is 5.73 Å². The van der Waals surface area contributed by atoms with Gasteiger partial charge in [0.2, 0.25) is 5.91 Å². The van der Waals surface area contributed by atoms with Crippen molar-refractivity contribution in [3.05, 3.63) is 0 Å². The van der Waals surface area contributed by atoms with Crippen LogP contribution in [0.1, 0.15) is 6.42 Å². The molecule has 100 valence electrons. The summed E-state index contributed by atoms with van der Waals surface area (Å²) in [6, 6.07) is 0. The smallest absolute Gasteiger partial charge is 0.223 e. The first-order valence-electron chi connectivity index (χ1n) is 5.97. The van der Waals surface area contributed by atoms with Crippen LogP contribution >= 0.6 is 11.6 Å². The van der Waals surface area contributed by atoms with E-state index in [2.05, 4.69) is 0 Å². The van der Waals surface area contributed by atoms with E-state index in [1.54, 1.807) is 0 Å². The SMILES string of the molecule is NCCOCCOCCN1CC(CCl)CC1=O. The number of carbonyl (C=O) groups is 1. The summed E-state index contributed by atoms with van der Waals surface area (Å²) >= 11 is 5.73. The second kappa shape index (κ2) is 8.69. The van der Waals surface area contributed by atoms with Gasteiger partial charge >= 0.3 is 0 Å². The van der Waals surface area contributed by atoms with Crippen LogP contribution in [0.25, 0.3) is 0 Å². The summed E-state index contributed by atoms with van der Waals surface area (Å²) in [5.74, 6) is 1.03. The molecule has 1 rings (SSSR count). The molecule has 1 amide bonds. The van der Waals surface area contributed by atoms with E-state index in [4.69, 9.17) is 26.8 Å². The molecular formula is C11H21ClN2O3. The maximum atomic E-state index is 11.5. The third-order valence-electron chi connectivity index (χ3n) is 2.65. The van der Waals surface area contributed by atoms with Crippen LogP contribution in [0, 0.1) is 5.92 Å². The molecule has 2 N–H and O–H groups in total. The first-order chi connectivity index (χ1) is 8.27. The van der Waals surface area contributed by atoms with Gasteiger partial charge in [0.15, 0.2) is 0 Å². The topological polar surface area (TPSA) is 64.8 Å². The van der Waals surface area contributed by atoms with E-state index in [0.717, 1.165) is 6.54 Å². The number of hydrogen-bond donors (Lipinski definition) is 1. The van der Waals surface area contributed by atoms with Crippen molar-refractivity contribution in [3.63, 3.8) is 0 Å². The highest BCUT2D eigenvalue weighted by Gasteiger charge is 2.28. The van der Waals surface area contributed by atoms with E-state index in [0.29, 0.717) is 57.7 Å². The van der Waals surface area contributed by atoms with Gasteiger partial charge in [-0.05, 0) is 5.92 Å². The second-order valence-electron chi connectivity index (χ2n) is 4.08. The number of ether oxygens (including phenoxy) is 2. The monoisotopic (exact) mass is 264 g/mol. The minimum Gasteiger partial charge on any atom is -0.378 e. The quantitative estimate of drug-likeness (QED) is 0.473. The fourth-order valence-electron chi connectivity index (χ4n) is 1.75. The van der Waals surface area contributed by atoms with Crippen molar-refractivity contribution in [2.75, 3.05) is 51.9 Å². The molecule has 1 aliphatic heterocycles. The minimum absolute atomic E-state index is 0.179. The van der Waals surface area contributed by atoms with Crippen molar-refractivity contribution in [2.45, 2.75) is 6.42 Å². The van der Waals surface area contributed by atoms with Gasteiger partial charge in [0.05, 0.1) is 26.4 Å². The van der Waals surface area contributed by atoms with Crippen LogP contribution in [0.2, 0.25) is 0 Å². The van der Waals surface area contributed by atoms with Crippen molar-refractivity contribution in [1.82, 2.24) is 4.90 Å². The number of alkyl halides is 1. The third kappa shape index (κ3) is 5.68.